The molecular formula is C27H20N4OS. The van der Waals surface area contributed by atoms with Gasteiger partial charge in [-0.25, -0.2) is 14.8 Å². The lowest BCUT2D eigenvalue weighted by Crippen LogP contribution is -2.38. The summed E-state index contributed by atoms with van der Waals surface area (Å²) in [5.41, 5.74) is 6.45. The van der Waals surface area contributed by atoms with Crippen LogP contribution in [-0.2, 0) is 0 Å². The molecule has 0 aliphatic carbocycles. The SMILES string of the molecule is CC1=NC(=O)NC(c2ccc(-c3ccccc3)cc2)C1c1nc(-c2ccc(C#N)cc2)cs1. The number of benzene rings is 3. The minimum Gasteiger partial charge on any atom is -0.328 e. The molecule has 3 aromatic carbocycles. The Labute approximate surface area is 196 Å². The molecule has 4 aromatic rings. The van der Waals surface area contributed by atoms with E-state index in [9.17, 15) is 4.79 Å². The highest BCUT2D eigenvalue weighted by Crippen LogP contribution is 2.38. The average Bonchev–Trinajstić information content (AvgIpc) is 3.34. The van der Waals surface area contributed by atoms with Gasteiger partial charge in [-0.2, -0.15) is 5.26 Å². The number of nitrogens with one attached hydrogen (secondary N) is 1. The Morgan fingerprint density at radius 1 is 0.909 bits per heavy atom. The second-order valence-corrected chi connectivity index (χ2v) is 8.80. The zero-order valence-electron chi connectivity index (χ0n) is 17.9. The van der Waals surface area contributed by atoms with Crippen molar-refractivity contribution in [3.05, 3.63) is 100 Å². The van der Waals surface area contributed by atoms with Crippen LogP contribution in [0.4, 0.5) is 4.79 Å². The Morgan fingerprint density at radius 3 is 2.27 bits per heavy atom. The minimum atomic E-state index is -0.329. The molecule has 2 atom stereocenters. The van der Waals surface area contributed by atoms with E-state index in [1.165, 1.54) is 0 Å². The zero-order chi connectivity index (χ0) is 22.8. The van der Waals surface area contributed by atoms with Crippen LogP contribution >= 0.6 is 11.3 Å². The molecule has 0 saturated heterocycles. The first-order chi connectivity index (χ1) is 16.1. The van der Waals surface area contributed by atoms with Crippen molar-refractivity contribution in [1.82, 2.24) is 10.3 Å². The third-order valence-corrected chi connectivity index (χ3v) is 6.74. The predicted molar refractivity (Wildman–Crippen MR) is 131 cm³/mol. The molecule has 5 rings (SSSR count). The third kappa shape index (κ3) is 4.19. The summed E-state index contributed by atoms with van der Waals surface area (Å²) in [4.78, 5) is 21.3. The second-order valence-electron chi connectivity index (χ2n) is 7.91. The maximum absolute atomic E-state index is 12.3. The van der Waals surface area contributed by atoms with Crippen LogP contribution in [0.5, 0.6) is 0 Å². The van der Waals surface area contributed by atoms with E-state index in [0.717, 1.165) is 38.7 Å². The molecule has 1 aromatic heterocycles. The van der Waals surface area contributed by atoms with E-state index in [0.29, 0.717) is 5.56 Å². The van der Waals surface area contributed by atoms with Crippen molar-refractivity contribution in [1.29, 1.82) is 5.26 Å². The molecule has 0 radical (unpaired) electrons. The molecule has 0 fully saturated rings. The number of carbonyl (C=O) groups excluding carboxylic acids is 1. The molecular weight excluding hydrogens is 428 g/mol. The van der Waals surface area contributed by atoms with E-state index >= 15 is 0 Å². The van der Waals surface area contributed by atoms with Gasteiger partial charge in [-0.15, -0.1) is 11.3 Å². The van der Waals surface area contributed by atoms with Gasteiger partial charge in [0, 0.05) is 16.7 Å². The summed E-state index contributed by atoms with van der Waals surface area (Å²) in [6.07, 6.45) is 0. The highest BCUT2D eigenvalue weighted by Gasteiger charge is 2.34. The summed E-state index contributed by atoms with van der Waals surface area (Å²) in [7, 11) is 0. The van der Waals surface area contributed by atoms with Crippen LogP contribution in [0, 0.1) is 11.3 Å². The molecule has 0 bridgehead atoms. The van der Waals surface area contributed by atoms with Crippen LogP contribution in [0.3, 0.4) is 0 Å². The quantitative estimate of drug-likeness (QED) is 0.395. The number of carbonyl (C=O) groups is 1. The highest BCUT2D eigenvalue weighted by molar-refractivity contribution is 7.10. The normalized spacial score (nSPS) is 17.7. The van der Waals surface area contributed by atoms with Crippen LogP contribution in [-0.4, -0.2) is 16.7 Å². The molecule has 1 N–H and O–H groups in total. The first-order valence-corrected chi connectivity index (χ1v) is 11.5. The number of hydrogen-bond donors (Lipinski definition) is 1. The monoisotopic (exact) mass is 448 g/mol. The summed E-state index contributed by atoms with van der Waals surface area (Å²) in [5, 5.41) is 15.0. The summed E-state index contributed by atoms with van der Waals surface area (Å²) in [6, 6.07) is 27.4. The van der Waals surface area contributed by atoms with E-state index in [2.05, 4.69) is 52.8 Å². The second kappa shape index (κ2) is 8.81. The molecule has 1 aliphatic rings. The van der Waals surface area contributed by atoms with Crippen molar-refractivity contribution in [2.75, 3.05) is 0 Å². The van der Waals surface area contributed by atoms with Crippen LogP contribution in [0.15, 0.2) is 89.2 Å². The zero-order valence-corrected chi connectivity index (χ0v) is 18.7. The van der Waals surface area contributed by atoms with Crippen LogP contribution < -0.4 is 5.32 Å². The molecule has 2 heterocycles. The van der Waals surface area contributed by atoms with Gasteiger partial charge in [0.15, 0.2) is 0 Å². The number of nitriles is 1. The summed E-state index contributed by atoms with van der Waals surface area (Å²) >= 11 is 1.56. The van der Waals surface area contributed by atoms with Crippen molar-refractivity contribution in [3.63, 3.8) is 0 Å². The lowest BCUT2D eigenvalue weighted by atomic mass is 9.88. The van der Waals surface area contributed by atoms with Gasteiger partial charge in [-0.3, -0.25) is 0 Å². The van der Waals surface area contributed by atoms with Crippen molar-refractivity contribution in [3.8, 4) is 28.5 Å². The number of hydrogen-bond acceptors (Lipinski definition) is 4. The fourth-order valence-electron chi connectivity index (χ4n) is 4.11. The molecule has 160 valence electrons. The van der Waals surface area contributed by atoms with Gasteiger partial charge in [-0.05, 0) is 35.7 Å². The van der Waals surface area contributed by atoms with Gasteiger partial charge in [0.05, 0.1) is 29.3 Å². The van der Waals surface area contributed by atoms with Gasteiger partial charge >= 0.3 is 6.03 Å². The molecule has 0 spiro atoms. The lowest BCUT2D eigenvalue weighted by molar-refractivity contribution is 0.243. The van der Waals surface area contributed by atoms with E-state index in [1.54, 1.807) is 23.5 Å². The lowest BCUT2D eigenvalue weighted by Gasteiger charge is -2.30. The van der Waals surface area contributed by atoms with Crippen molar-refractivity contribution < 1.29 is 4.79 Å². The molecule has 0 saturated carbocycles. The van der Waals surface area contributed by atoms with Crippen LogP contribution in [0.25, 0.3) is 22.4 Å². The number of urea groups is 1. The Bertz CT molecular complexity index is 1370. The fourth-order valence-corrected chi connectivity index (χ4v) is 5.13. The van der Waals surface area contributed by atoms with Crippen LogP contribution in [0.2, 0.25) is 0 Å². The standard InChI is InChI=1S/C27H20N4OS/c1-17-24(26-30-23(16-33-26)21-9-7-18(15-28)8-10-21)25(31-27(32)29-17)22-13-11-20(12-14-22)19-5-3-2-4-6-19/h2-14,16,24-25H,1H3,(H,31,32). The van der Waals surface area contributed by atoms with Gasteiger partial charge in [0.1, 0.15) is 5.01 Å². The van der Waals surface area contributed by atoms with Gasteiger partial charge in [0.2, 0.25) is 0 Å². The molecule has 5 nitrogen and oxygen atoms in total. The fraction of sp³-hybridized carbons (Fsp3) is 0.111. The summed E-state index contributed by atoms with van der Waals surface area (Å²) in [5.74, 6) is -0.151. The van der Waals surface area contributed by atoms with Crippen LogP contribution in [0.1, 0.15) is 35.0 Å². The smallest absolute Gasteiger partial charge is 0.328 e. The van der Waals surface area contributed by atoms with E-state index in [-0.39, 0.29) is 18.0 Å². The maximum Gasteiger partial charge on any atom is 0.341 e. The number of nitrogens with zero attached hydrogens (tertiary/aromatic N) is 3. The van der Waals surface area contributed by atoms with E-state index in [1.807, 2.05) is 42.6 Å². The number of aliphatic imine (C=N–C) groups is 1. The largest absolute Gasteiger partial charge is 0.341 e. The third-order valence-electron chi connectivity index (χ3n) is 5.81. The topological polar surface area (TPSA) is 78.1 Å². The first-order valence-electron chi connectivity index (χ1n) is 10.6. The highest BCUT2D eigenvalue weighted by atomic mass is 32.1. The van der Waals surface area contributed by atoms with Gasteiger partial charge in [-0.1, -0.05) is 66.7 Å². The van der Waals surface area contributed by atoms with Crippen molar-refractivity contribution in [2.24, 2.45) is 4.99 Å². The number of thiazole rings is 1. The van der Waals surface area contributed by atoms with E-state index in [4.69, 9.17) is 10.2 Å². The predicted octanol–water partition coefficient (Wildman–Crippen LogP) is 6.36. The molecule has 33 heavy (non-hydrogen) atoms. The number of aromatic nitrogens is 1. The molecule has 6 heteroatoms. The molecule has 2 amide bonds. The summed E-state index contributed by atoms with van der Waals surface area (Å²) in [6.45, 7) is 1.89. The Kier molecular flexibility index (Phi) is 5.55. The number of amides is 2. The van der Waals surface area contributed by atoms with E-state index < -0.39 is 0 Å². The average molecular weight is 449 g/mol. The van der Waals surface area contributed by atoms with Gasteiger partial charge < -0.3 is 5.32 Å². The first kappa shape index (κ1) is 20.8. The Morgan fingerprint density at radius 2 is 1.58 bits per heavy atom. The molecule has 1 aliphatic heterocycles. The van der Waals surface area contributed by atoms with Crippen molar-refractivity contribution >= 4 is 23.1 Å². The summed E-state index contributed by atoms with van der Waals surface area (Å²) < 4.78 is 0. The maximum atomic E-state index is 12.3. The Hall–Kier alpha value is -4.08. The number of rotatable bonds is 4. The Balaban J connectivity index is 1.48. The van der Waals surface area contributed by atoms with Crippen molar-refractivity contribution in [2.45, 2.75) is 18.9 Å². The molecule has 2 unspecified atom stereocenters. The minimum absolute atomic E-state index is 0.151. The van der Waals surface area contributed by atoms with Gasteiger partial charge in [0.25, 0.3) is 0 Å².